The van der Waals surface area contributed by atoms with Crippen LogP contribution in [0.4, 0.5) is 0 Å². The average molecular weight is 324 g/mol. The molecule has 2 aromatic rings. The van der Waals surface area contributed by atoms with E-state index in [4.69, 9.17) is 9.47 Å². The molecule has 1 saturated carbocycles. The molecule has 0 heterocycles. The number of Topliss-reactive ketones (excluding diaryl/α,β-unsaturated/α-hetero) is 1. The maximum absolute atomic E-state index is 11.7. The maximum Gasteiger partial charge on any atom is 0.133 e. The predicted molar refractivity (Wildman–Crippen MR) is 95.5 cm³/mol. The lowest BCUT2D eigenvalue weighted by atomic mass is 10.0. The molecule has 3 heteroatoms. The van der Waals surface area contributed by atoms with Gasteiger partial charge in [-0.25, -0.2) is 0 Å². The molecule has 0 amide bonds. The van der Waals surface area contributed by atoms with Crippen molar-refractivity contribution in [2.75, 3.05) is 13.7 Å². The van der Waals surface area contributed by atoms with E-state index in [1.807, 2.05) is 36.4 Å². The molecular weight excluding hydrogens is 300 g/mol. The molecule has 3 nitrogen and oxygen atoms in total. The van der Waals surface area contributed by atoms with Crippen molar-refractivity contribution >= 4 is 5.78 Å². The first-order chi connectivity index (χ1) is 11.7. The van der Waals surface area contributed by atoms with E-state index in [2.05, 4.69) is 12.1 Å². The SMILES string of the molecule is COc1ccc(-c2ccc(OCC3CCCCC(=O)C3)cc2)cc1. The van der Waals surface area contributed by atoms with Gasteiger partial charge >= 0.3 is 0 Å². The van der Waals surface area contributed by atoms with Gasteiger partial charge in [-0.1, -0.05) is 30.7 Å². The molecule has 0 saturated heterocycles. The number of hydrogen-bond donors (Lipinski definition) is 0. The maximum atomic E-state index is 11.7. The fraction of sp³-hybridized carbons (Fsp3) is 0.381. The van der Waals surface area contributed by atoms with Crippen molar-refractivity contribution in [2.24, 2.45) is 5.92 Å². The Hall–Kier alpha value is -2.29. The van der Waals surface area contributed by atoms with Gasteiger partial charge in [-0.2, -0.15) is 0 Å². The molecule has 24 heavy (non-hydrogen) atoms. The van der Waals surface area contributed by atoms with Crippen LogP contribution in [-0.2, 0) is 4.79 Å². The van der Waals surface area contributed by atoms with E-state index in [-0.39, 0.29) is 0 Å². The lowest BCUT2D eigenvalue weighted by molar-refractivity contribution is -0.119. The normalized spacial score (nSPS) is 18.0. The van der Waals surface area contributed by atoms with E-state index in [1.165, 1.54) is 0 Å². The minimum absolute atomic E-state index is 0.362. The Morgan fingerprint density at radius 3 is 2.17 bits per heavy atom. The van der Waals surface area contributed by atoms with Gasteiger partial charge in [0.15, 0.2) is 0 Å². The zero-order valence-electron chi connectivity index (χ0n) is 14.2. The van der Waals surface area contributed by atoms with Crippen LogP contribution >= 0.6 is 0 Å². The first kappa shape index (κ1) is 16.6. The van der Waals surface area contributed by atoms with Gasteiger partial charge in [-0.3, -0.25) is 4.79 Å². The highest BCUT2D eigenvalue weighted by Gasteiger charge is 2.18. The van der Waals surface area contributed by atoms with E-state index in [0.29, 0.717) is 24.7 Å². The number of methoxy groups -OCH3 is 1. The van der Waals surface area contributed by atoms with Gasteiger partial charge < -0.3 is 9.47 Å². The van der Waals surface area contributed by atoms with Crippen molar-refractivity contribution in [3.05, 3.63) is 48.5 Å². The Kier molecular flexibility index (Phi) is 5.52. The number of rotatable bonds is 5. The Balaban J connectivity index is 1.58. The van der Waals surface area contributed by atoms with E-state index in [1.54, 1.807) is 7.11 Å². The summed E-state index contributed by atoms with van der Waals surface area (Å²) in [5.41, 5.74) is 2.30. The van der Waals surface area contributed by atoms with Crippen LogP contribution in [0.5, 0.6) is 11.5 Å². The molecule has 1 aliphatic carbocycles. The monoisotopic (exact) mass is 324 g/mol. The highest BCUT2D eigenvalue weighted by Crippen LogP contribution is 2.26. The van der Waals surface area contributed by atoms with E-state index >= 15 is 0 Å². The van der Waals surface area contributed by atoms with Crippen LogP contribution in [0.2, 0.25) is 0 Å². The molecule has 0 aliphatic heterocycles. The van der Waals surface area contributed by atoms with Gasteiger partial charge in [0.1, 0.15) is 17.3 Å². The average Bonchev–Trinajstić information content (AvgIpc) is 2.84. The van der Waals surface area contributed by atoms with Crippen LogP contribution in [0.25, 0.3) is 11.1 Å². The van der Waals surface area contributed by atoms with Crippen molar-refractivity contribution in [3.63, 3.8) is 0 Å². The van der Waals surface area contributed by atoms with Crippen LogP contribution in [-0.4, -0.2) is 19.5 Å². The van der Waals surface area contributed by atoms with Crippen molar-refractivity contribution in [2.45, 2.75) is 32.1 Å². The summed E-state index contributed by atoms with van der Waals surface area (Å²) >= 11 is 0. The highest BCUT2D eigenvalue weighted by atomic mass is 16.5. The number of carbonyl (C=O) groups is 1. The fourth-order valence-corrected chi connectivity index (χ4v) is 3.16. The number of carbonyl (C=O) groups excluding carboxylic acids is 1. The van der Waals surface area contributed by atoms with Crippen LogP contribution < -0.4 is 9.47 Å². The van der Waals surface area contributed by atoms with Gasteiger partial charge in [-0.15, -0.1) is 0 Å². The molecule has 0 N–H and O–H groups in total. The zero-order valence-corrected chi connectivity index (χ0v) is 14.2. The second kappa shape index (κ2) is 8.00. The van der Waals surface area contributed by atoms with Gasteiger partial charge in [0.25, 0.3) is 0 Å². The Morgan fingerprint density at radius 1 is 0.917 bits per heavy atom. The quantitative estimate of drug-likeness (QED) is 0.735. The third-order valence-electron chi connectivity index (χ3n) is 4.60. The minimum Gasteiger partial charge on any atom is -0.497 e. The topological polar surface area (TPSA) is 35.5 Å². The minimum atomic E-state index is 0.362. The third kappa shape index (κ3) is 4.38. The summed E-state index contributed by atoms with van der Waals surface area (Å²) in [6.45, 7) is 0.633. The molecule has 2 aromatic carbocycles. The second-order valence-corrected chi connectivity index (χ2v) is 6.42. The molecule has 0 spiro atoms. The number of benzene rings is 2. The van der Waals surface area contributed by atoms with Crippen LogP contribution in [0, 0.1) is 5.92 Å². The Labute approximate surface area is 143 Å². The number of ketones is 1. The van der Waals surface area contributed by atoms with Crippen molar-refractivity contribution in [3.8, 4) is 22.6 Å². The first-order valence-corrected chi connectivity index (χ1v) is 8.63. The summed E-state index contributed by atoms with van der Waals surface area (Å²) in [6.07, 6.45) is 4.68. The van der Waals surface area contributed by atoms with Crippen molar-refractivity contribution in [1.82, 2.24) is 0 Å². The van der Waals surface area contributed by atoms with Crippen molar-refractivity contribution < 1.29 is 14.3 Å². The summed E-state index contributed by atoms with van der Waals surface area (Å²) < 4.78 is 11.1. The zero-order chi connectivity index (χ0) is 16.8. The molecule has 1 unspecified atom stereocenters. The molecule has 0 aromatic heterocycles. The van der Waals surface area contributed by atoms with E-state index < -0.39 is 0 Å². The third-order valence-corrected chi connectivity index (χ3v) is 4.60. The second-order valence-electron chi connectivity index (χ2n) is 6.42. The van der Waals surface area contributed by atoms with Gasteiger partial charge in [0.2, 0.25) is 0 Å². The standard InChI is InChI=1S/C21H24O3/c1-23-20-10-6-17(7-11-20)18-8-12-21(13-9-18)24-15-16-4-2-3-5-19(22)14-16/h6-13,16H,2-5,14-15H2,1H3. The molecule has 126 valence electrons. The number of ether oxygens (including phenoxy) is 2. The summed E-state index contributed by atoms with van der Waals surface area (Å²) in [4.78, 5) is 11.7. The van der Waals surface area contributed by atoms with Crippen molar-refractivity contribution in [1.29, 1.82) is 0 Å². The van der Waals surface area contributed by atoms with Crippen LogP contribution in [0.3, 0.4) is 0 Å². The van der Waals surface area contributed by atoms with Crippen LogP contribution in [0.1, 0.15) is 32.1 Å². The van der Waals surface area contributed by atoms with Crippen LogP contribution in [0.15, 0.2) is 48.5 Å². The summed E-state index contributed by atoms with van der Waals surface area (Å²) in [7, 11) is 1.67. The molecule has 3 rings (SSSR count). The largest absolute Gasteiger partial charge is 0.497 e. The lowest BCUT2D eigenvalue weighted by Crippen LogP contribution is -2.14. The Morgan fingerprint density at radius 2 is 1.54 bits per heavy atom. The molecule has 0 bridgehead atoms. The first-order valence-electron chi connectivity index (χ1n) is 8.63. The molecule has 0 radical (unpaired) electrons. The van der Waals surface area contributed by atoms with Gasteiger partial charge in [0, 0.05) is 12.8 Å². The summed E-state index contributed by atoms with van der Waals surface area (Å²) in [6, 6.07) is 16.1. The lowest BCUT2D eigenvalue weighted by Gasteiger charge is -2.15. The molecular formula is C21H24O3. The molecule has 1 fully saturated rings. The molecule has 1 aliphatic rings. The smallest absolute Gasteiger partial charge is 0.133 e. The summed E-state index contributed by atoms with van der Waals surface area (Å²) in [5, 5.41) is 0. The number of hydrogen-bond acceptors (Lipinski definition) is 3. The summed E-state index contributed by atoms with van der Waals surface area (Å²) in [5.74, 6) is 2.47. The van der Waals surface area contributed by atoms with Gasteiger partial charge in [0.05, 0.1) is 13.7 Å². The molecule has 1 atom stereocenters. The Bertz CT molecular complexity index is 658. The highest BCUT2D eigenvalue weighted by molar-refractivity contribution is 5.78. The van der Waals surface area contributed by atoms with Gasteiger partial charge in [-0.05, 0) is 54.2 Å². The fourth-order valence-electron chi connectivity index (χ4n) is 3.16. The predicted octanol–water partition coefficient (Wildman–Crippen LogP) is 4.89. The van der Waals surface area contributed by atoms with E-state index in [0.717, 1.165) is 48.3 Å². The van der Waals surface area contributed by atoms with E-state index in [9.17, 15) is 4.79 Å².